The van der Waals surface area contributed by atoms with E-state index in [1.54, 1.807) is 0 Å². The van der Waals surface area contributed by atoms with Crippen LogP contribution < -0.4 is 11.1 Å². The van der Waals surface area contributed by atoms with Crippen LogP contribution in [-0.4, -0.2) is 39.7 Å². The second-order valence-corrected chi connectivity index (χ2v) is 4.09. The van der Waals surface area contributed by atoms with Crippen molar-refractivity contribution in [1.82, 2.24) is 9.97 Å². The van der Waals surface area contributed by atoms with E-state index in [9.17, 15) is 10.1 Å². The van der Waals surface area contributed by atoms with E-state index >= 15 is 0 Å². The van der Waals surface area contributed by atoms with Crippen molar-refractivity contribution >= 4 is 11.6 Å². The molecule has 1 fully saturated rings. The zero-order valence-electron chi connectivity index (χ0n) is 9.94. The van der Waals surface area contributed by atoms with Crippen molar-refractivity contribution in [3.63, 3.8) is 0 Å². The number of nitrogens with zero attached hydrogens (tertiary/aromatic N) is 3. The Balaban J connectivity index is 1.98. The van der Waals surface area contributed by atoms with Gasteiger partial charge in [-0.1, -0.05) is 0 Å². The van der Waals surface area contributed by atoms with Crippen LogP contribution >= 0.6 is 0 Å². The number of nitro groups is 1. The van der Waals surface area contributed by atoms with Gasteiger partial charge in [-0.15, -0.1) is 0 Å². The second kappa shape index (κ2) is 5.23. The molecule has 98 valence electrons. The molecule has 0 amide bonds. The van der Waals surface area contributed by atoms with Gasteiger partial charge >= 0.3 is 5.69 Å². The summed E-state index contributed by atoms with van der Waals surface area (Å²) in [5.74, 6) is 0.324. The largest absolute Gasteiger partial charge is 0.376 e. The molecule has 18 heavy (non-hydrogen) atoms. The number of nitrogens with one attached hydrogen (secondary N) is 1. The Bertz CT molecular complexity index is 422. The van der Waals surface area contributed by atoms with Crippen LogP contribution in [0.1, 0.15) is 13.3 Å². The van der Waals surface area contributed by atoms with E-state index in [2.05, 4.69) is 15.3 Å². The highest BCUT2D eigenvalue weighted by Gasteiger charge is 2.39. The van der Waals surface area contributed by atoms with E-state index < -0.39 is 4.92 Å². The predicted molar refractivity (Wildman–Crippen MR) is 64.1 cm³/mol. The summed E-state index contributed by atoms with van der Waals surface area (Å²) in [6.07, 6.45) is 3.16. The van der Waals surface area contributed by atoms with Crippen molar-refractivity contribution in [3.8, 4) is 0 Å². The Morgan fingerprint density at radius 1 is 1.61 bits per heavy atom. The average Bonchev–Trinajstić information content (AvgIpc) is 2.36. The fourth-order valence-corrected chi connectivity index (χ4v) is 1.87. The summed E-state index contributed by atoms with van der Waals surface area (Å²) in [5.41, 5.74) is 5.72. The van der Waals surface area contributed by atoms with Gasteiger partial charge in [0.25, 0.3) is 0 Å². The molecule has 1 aromatic rings. The molecule has 8 heteroatoms. The van der Waals surface area contributed by atoms with E-state index in [0.29, 0.717) is 12.6 Å². The van der Waals surface area contributed by atoms with Crippen molar-refractivity contribution < 1.29 is 9.66 Å². The Hall–Kier alpha value is -1.80. The lowest BCUT2D eigenvalue weighted by molar-refractivity contribution is -0.385. The molecule has 1 aliphatic carbocycles. The van der Waals surface area contributed by atoms with Crippen LogP contribution in [0.4, 0.5) is 11.6 Å². The third-order valence-corrected chi connectivity index (χ3v) is 2.89. The lowest BCUT2D eigenvalue weighted by atomic mass is 9.83. The monoisotopic (exact) mass is 253 g/mol. The van der Waals surface area contributed by atoms with Gasteiger partial charge in [-0.2, -0.15) is 0 Å². The molecule has 1 heterocycles. The summed E-state index contributed by atoms with van der Waals surface area (Å²) in [4.78, 5) is 17.7. The summed E-state index contributed by atoms with van der Waals surface area (Å²) >= 11 is 0. The standard InChI is InChI=1S/C10H15N5O3/c1-2-18-8-3-7(11)9(8)14-10-12-4-6(5-13-10)15(16)17/h4-5,7-9H,2-3,11H2,1H3,(H,12,13,14). The van der Waals surface area contributed by atoms with Gasteiger partial charge in [0.05, 0.1) is 17.1 Å². The third kappa shape index (κ3) is 2.54. The van der Waals surface area contributed by atoms with E-state index in [0.717, 1.165) is 18.8 Å². The first-order valence-electron chi connectivity index (χ1n) is 5.72. The molecule has 0 saturated heterocycles. The molecule has 8 nitrogen and oxygen atoms in total. The molecule has 3 N–H and O–H groups in total. The highest BCUT2D eigenvalue weighted by Crippen LogP contribution is 2.25. The van der Waals surface area contributed by atoms with Gasteiger partial charge in [0.2, 0.25) is 5.95 Å². The summed E-state index contributed by atoms with van der Waals surface area (Å²) in [5, 5.41) is 13.5. The summed E-state index contributed by atoms with van der Waals surface area (Å²) < 4.78 is 5.49. The van der Waals surface area contributed by atoms with Crippen LogP contribution in [0.5, 0.6) is 0 Å². The molecular formula is C10H15N5O3. The van der Waals surface area contributed by atoms with Crippen molar-refractivity contribution in [2.75, 3.05) is 11.9 Å². The number of ether oxygens (including phenoxy) is 1. The number of aromatic nitrogens is 2. The van der Waals surface area contributed by atoms with E-state index in [4.69, 9.17) is 10.5 Å². The lowest BCUT2D eigenvalue weighted by Gasteiger charge is -2.42. The fraction of sp³-hybridized carbons (Fsp3) is 0.600. The molecule has 2 rings (SSSR count). The topological polar surface area (TPSA) is 116 Å². The van der Waals surface area contributed by atoms with Crippen LogP contribution in [0.15, 0.2) is 12.4 Å². The maximum absolute atomic E-state index is 10.5. The summed E-state index contributed by atoms with van der Waals surface area (Å²) in [6.45, 7) is 2.54. The van der Waals surface area contributed by atoms with Crippen LogP contribution in [-0.2, 0) is 4.74 Å². The van der Waals surface area contributed by atoms with Gasteiger partial charge in [-0.25, -0.2) is 9.97 Å². The molecule has 0 radical (unpaired) electrons. The first kappa shape index (κ1) is 12.7. The number of nitrogens with two attached hydrogens (primary N) is 1. The molecule has 1 aromatic heterocycles. The number of rotatable bonds is 5. The molecular weight excluding hydrogens is 238 g/mol. The van der Waals surface area contributed by atoms with Crippen LogP contribution in [0, 0.1) is 10.1 Å². The smallest absolute Gasteiger partial charge is 0.305 e. The van der Waals surface area contributed by atoms with E-state index in [-0.39, 0.29) is 23.9 Å². The zero-order chi connectivity index (χ0) is 13.1. The molecule has 1 aliphatic rings. The Morgan fingerprint density at radius 3 is 2.78 bits per heavy atom. The summed E-state index contributed by atoms with van der Waals surface area (Å²) in [7, 11) is 0. The van der Waals surface area contributed by atoms with Gasteiger partial charge < -0.3 is 15.8 Å². The maximum Gasteiger partial charge on any atom is 0.305 e. The Morgan fingerprint density at radius 2 is 2.28 bits per heavy atom. The molecule has 3 atom stereocenters. The van der Waals surface area contributed by atoms with Crippen molar-refractivity contribution in [2.45, 2.75) is 31.5 Å². The van der Waals surface area contributed by atoms with Gasteiger partial charge in [0.15, 0.2) is 0 Å². The normalized spacial score (nSPS) is 26.4. The third-order valence-electron chi connectivity index (χ3n) is 2.89. The minimum atomic E-state index is -0.540. The molecule has 1 saturated carbocycles. The van der Waals surface area contributed by atoms with Crippen molar-refractivity contribution in [1.29, 1.82) is 0 Å². The number of hydrogen-bond donors (Lipinski definition) is 2. The van der Waals surface area contributed by atoms with Gasteiger partial charge in [0.1, 0.15) is 12.4 Å². The number of anilines is 1. The molecule has 0 aliphatic heterocycles. The van der Waals surface area contributed by atoms with Crippen LogP contribution in [0.3, 0.4) is 0 Å². The average molecular weight is 253 g/mol. The lowest BCUT2D eigenvalue weighted by Crippen LogP contribution is -2.60. The molecule has 0 spiro atoms. The van der Waals surface area contributed by atoms with E-state index in [1.807, 2.05) is 6.92 Å². The maximum atomic E-state index is 10.5. The van der Waals surface area contributed by atoms with Crippen molar-refractivity contribution in [2.24, 2.45) is 5.73 Å². The Labute approximate surface area is 104 Å². The summed E-state index contributed by atoms with van der Waals surface area (Å²) in [6, 6.07) is -0.0632. The molecule has 0 bridgehead atoms. The first-order valence-corrected chi connectivity index (χ1v) is 5.72. The first-order chi connectivity index (χ1) is 8.61. The zero-order valence-corrected chi connectivity index (χ0v) is 9.94. The number of hydrogen-bond acceptors (Lipinski definition) is 7. The van der Waals surface area contributed by atoms with Gasteiger partial charge in [-0.05, 0) is 13.3 Å². The minimum absolute atomic E-state index is 0.0136. The SMILES string of the molecule is CCOC1CC(N)C1Nc1ncc([N+](=O)[O-])cn1. The van der Waals surface area contributed by atoms with E-state index in [1.165, 1.54) is 0 Å². The van der Waals surface area contributed by atoms with Gasteiger partial charge in [-0.3, -0.25) is 10.1 Å². The quantitative estimate of drug-likeness (QED) is 0.572. The minimum Gasteiger partial charge on any atom is -0.376 e. The highest BCUT2D eigenvalue weighted by atomic mass is 16.6. The van der Waals surface area contributed by atoms with Gasteiger partial charge in [0, 0.05) is 12.6 Å². The Kier molecular flexibility index (Phi) is 3.68. The van der Waals surface area contributed by atoms with Crippen LogP contribution in [0.2, 0.25) is 0 Å². The highest BCUT2D eigenvalue weighted by molar-refractivity contribution is 5.33. The predicted octanol–water partition coefficient (Wildman–Crippen LogP) is 0.301. The fourth-order valence-electron chi connectivity index (χ4n) is 1.87. The molecule has 0 aromatic carbocycles. The molecule has 3 unspecified atom stereocenters. The second-order valence-electron chi connectivity index (χ2n) is 4.09. The van der Waals surface area contributed by atoms with Crippen molar-refractivity contribution in [3.05, 3.63) is 22.5 Å². The van der Waals surface area contributed by atoms with Crippen LogP contribution in [0.25, 0.3) is 0 Å².